The maximum Gasteiger partial charge on any atom is 0.468 e. The summed E-state index contributed by atoms with van der Waals surface area (Å²) in [5.74, 6) is 1.30. The van der Waals surface area contributed by atoms with Crippen molar-refractivity contribution in [2.24, 2.45) is 0 Å². The smallest absolute Gasteiger partial charge is 0.391 e. The molecule has 3 nitrogen and oxygen atoms in total. The van der Waals surface area contributed by atoms with Crippen molar-refractivity contribution in [3.8, 4) is 17.4 Å². The maximum atomic E-state index is 6.77. The number of ether oxygens (including phenoxy) is 1. The number of imidazole rings is 1. The lowest BCUT2D eigenvalue weighted by atomic mass is 10.0. The molecule has 3 aromatic carbocycles. The van der Waals surface area contributed by atoms with E-state index in [9.17, 15) is 0 Å². The second-order valence-corrected chi connectivity index (χ2v) is 8.61. The van der Waals surface area contributed by atoms with Crippen LogP contribution in [-0.2, 0) is 0 Å². The molecule has 154 valence electrons. The lowest BCUT2D eigenvalue weighted by molar-refractivity contribution is -0.695. The molecule has 4 aromatic rings. The van der Waals surface area contributed by atoms with E-state index in [1.165, 1.54) is 27.9 Å². The van der Waals surface area contributed by atoms with Crippen LogP contribution in [0.3, 0.4) is 0 Å². The Morgan fingerprint density at radius 1 is 0.767 bits per heavy atom. The Morgan fingerprint density at radius 2 is 1.40 bits per heavy atom. The number of hydrogen-bond donors (Lipinski definition) is 0. The highest BCUT2D eigenvalue weighted by Gasteiger charge is 2.32. The van der Waals surface area contributed by atoms with Crippen LogP contribution in [0.1, 0.15) is 56.3 Å². The molecule has 0 atom stereocenters. The third-order valence-electron chi connectivity index (χ3n) is 5.70. The van der Waals surface area contributed by atoms with Gasteiger partial charge in [-0.25, -0.2) is 0 Å². The van der Waals surface area contributed by atoms with Crippen LogP contribution < -0.4 is 9.30 Å². The Hall–Kier alpha value is -3.07. The number of aryl methyl sites for hydroxylation is 2. The van der Waals surface area contributed by atoms with Crippen molar-refractivity contribution < 1.29 is 9.30 Å². The van der Waals surface area contributed by atoms with Gasteiger partial charge in [-0.2, -0.15) is 9.13 Å². The van der Waals surface area contributed by atoms with Gasteiger partial charge in [0, 0.05) is 0 Å². The number of hydrogen-bond acceptors (Lipinski definition) is 1. The summed E-state index contributed by atoms with van der Waals surface area (Å²) in [7, 11) is 0. The molecule has 0 amide bonds. The molecule has 1 aromatic heterocycles. The molecule has 0 saturated carbocycles. The first-order valence-electron chi connectivity index (χ1n) is 10.8. The molecule has 0 fully saturated rings. The van der Waals surface area contributed by atoms with Crippen molar-refractivity contribution in [2.45, 2.75) is 53.5 Å². The van der Waals surface area contributed by atoms with Crippen LogP contribution in [0.5, 0.6) is 11.8 Å². The number of nitrogens with zero attached hydrogens (tertiary/aromatic N) is 2. The SMILES string of the molecule is Cc1cccc(C)c1-n1c(Oc2ccccc2C(C)C)[n+](C(C)C)c2ccccc21. The predicted molar refractivity (Wildman–Crippen MR) is 124 cm³/mol. The maximum absolute atomic E-state index is 6.77. The van der Waals surface area contributed by atoms with E-state index in [0.29, 0.717) is 5.92 Å². The van der Waals surface area contributed by atoms with Crippen molar-refractivity contribution in [3.05, 3.63) is 83.4 Å². The zero-order valence-electron chi connectivity index (χ0n) is 18.8. The number of rotatable bonds is 5. The first kappa shape index (κ1) is 20.2. The minimum atomic E-state index is 0.252. The van der Waals surface area contributed by atoms with Gasteiger partial charge in [-0.3, -0.25) is 0 Å². The first-order valence-corrected chi connectivity index (χ1v) is 10.8. The highest BCUT2D eigenvalue weighted by atomic mass is 16.5. The summed E-state index contributed by atoms with van der Waals surface area (Å²) in [4.78, 5) is 0. The minimum absolute atomic E-state index is 0.252. The first-order chi connectivity index (χ1) is 14.4. The Kier molecular flexibility index (Phi) is 5.38. The fourth-order valence-electron chi connectivity index (χ4n) is 4.29. The van der Waals surface area contributed by atoms with E-state index in [-0.39, 0.29) is 6.04 Å². The van der Waals surface area contributed by atoms with Crippen molar-refractivity contribution in [2.75, 3.05) is 0 Å². The van der Waals surface area contributed by atoms with Crippen molar-refractivity contribution in [3.63, 3.8) is 0 Å². The molecular weight excluding hydrogens is 368 g/mol. The van der Waals surface area contributed by atoms with Crippen LogP contribution in [0, 0.1) is 13.8 Å². The highest BCUT2D eigenvalue weighted by molar-refractivity contribution is 5.76. The normalized spacial score (nSPS) is 11.6. The third kappa shape index (κ3) is 3.39. The topological polar surface area (TPSA) is 18.0 Å². The summed E-state index contributed by atoms with van der Waals surface area (Å²) < 4.78 is 11.4. The third-order valence-corrected chi connectivity index (χ3v) is 5.70. The number of fused-ring (bicyclic) bond motifs is 1. The molecular formula is C27H31N2O+. The number of benzene rings is 3. The standard InChI is InChI=1S/C27H31N2O/c1-18(2)22-14-7-10-17-25(22)30-27-28(19(3)4)23-15-8-9-16-24(23)29(27)26-20(5)12-11-13-21(26)6/h7-19H,1-6H3/q+1. The minimum Gasteiger partial charge on any atom is -0.391 e. The fourth-order valence-corrected chi connectivity index (χ4v) is 4.29. The lowest BCUT2D eigenvalue weighted by Gasteiger charge is -2.15. The molecule has 0 unspecified atom stereocenters. The van der Waals surface area contributed by atoms with Crippen LogP contribution in [0.25, 0.3) is 16.7 Å². The molecule has 0 bridgehead atoms. The van der Waals surface area contributed by atoms with Gasteiger partial charge in [0.1, 0.15) is 11.4 Å². The molecule has 4 rings (SSSR count). The van der Waals surface area contributed by atoms with Gasteiger partial charge in [-0.15, -0.1) is 0 Å². The molecule has 0 spiro atoms. The quantitative estimate of drug-likeness (QED) is 0.329. The van der Waals surface area contributed by atoms with Gasteiger partial charge < -0.3 is 4.74 Å². The molecule has 0 N–H and O–H groups in total. The van der Waals surface area contributed by atoms with E-state index in [0.717, 1.165) is 17.3 Å². The van der Waals surface area contributed by atoms with E-state index >= 15 is 0 Å². The van der Waals surface area contributed by atoms with Crippen LogP contribution in [-0.4, -0.2) is 4.57 Å². The van der Waals surface area contributed by atoms with Gasteiger partial charge in [0.25, 0.3) is 0 Å². The van der Waals surface area contributed by atoms with Gasteiger partial charge in [0.05, 0.1) is 6.04 Å². The second-order valence-electron chi connectivity index (χ2n) is 8.61. The van der Waals surface area contributed by atoms with Crippen molar-refractivity contribution >= 4 is 11.0 Å². The number of para-hydroxylation sites is 4. The molecule has 0 aliphatic carbocycles. The van der Waals surface area contributed by atoms with E-state index in [1.54, 1.807) is 0 Å². The summed E-state index contributed by atoms with van der Waals surface area (Å²) in [5, 5.41) is 0. The van der Waals surface area contributed by atoms with Crippen LogP contribution in [0.2, 0.25) is 0 Å². The van der Waals surface area contributed by atoms with Gasteiger partial charge >= 0.3 is 6.01 Å². The van der Waals surface area contributed by atoms with Gasteiger partial charge in [0.15, 0.2) is 11.0 Å². The molecule has 0 radical (unpaired) electrons. The highest BCUT2D eigenvalue weighted by Crippen LogP contribution is 2.35. The molecule has 0 aliphatic rings. The van der Waals surface area contributed by atoms with E-state index < -0.39 is 0 Å². The Balaban J connectivity index is 2.07. The Labute approximate surface area is 179 Å². The van der Waals surface area contributed by atoms with Gasteiger partial charge in [0.2, 0.25) is 0 Å². The fraction of sp³-hybridized carbons (Fsp3) is 0.296. The average molecular weight is 400 g/mol. The second kappa shape index (κ2) is 7.98. The predicted octanol–water partition coefficient (Wildman–Crippen LogP) is 7.03. The summed E-state index contributed by atoms with van der Waals surface area (Å²) in [5.41, 5.74) is 7.19. The Bertz CT molecular complexity index is 1180. The van der Waals surface area contributed by atoms with Crippen LogP contribution in [0.4, 0.5) is 0 Å². The van der Waals surface area contributed by atoms with Crippen LogP contribution >= 0.6 is 0 Å². The monoisotopic (exact) mass is 399 g/mol. The van der Waals surface area contributed by atoms with Crippen LogP contribution in [0.15, 0.2) is 66.7 Å². The van der Waals surface area contributed by atoms with Gasteiger partial charge in [-0.1, -0.05) is 62.4 Å². The molecule has 1 heterocycles. The lowest BCUT2D eigenvalue weighted by Crippen LogP contribution is -2.37. The zero-order valence-corrected chi connectivity index (χ0v) is 18.8. The summed E-state index contributed by atoms with van der Waals surface area (Å²) in [6.07, 6.45) is 0. The summed E-state index contributed by atoms with van der Waals surface area (Å²) in [6, 6.07) is 24.5. The largest absolute Gasteiger partial charge is 0.468 e. The number of aromatic nitrogens is 2. The molecule has 0 saturated heterocycles. The van der Waals surface area contributed by atoms with E-state index in [4.69, 9.17) is 4.74 Å². The summed E-state index contributed by atoms with van der Waals surface area (Å²) in [6.45, 7) is 13.2. The molecule has 3 heteroatoms. The Morgan fingerprint density at radius 3 is 2.07 bits per heavy atom. The zero-order chi connectivity index (χ0) is 21.4. The average Bonchev–Trinajstić information content (AvgIpc) is 3.02. The summed E-state index contributed by atoms with van der Waals surface area (Å²) >= 11 is 0. The van der Waals surface area contributed by atoms with E-state index in [1.807, 2.05) is 6.07 Å². The van der Waals surface area contributed by atoms with Crippen molar-refractivity contribution in [1.82, 2.24) is 4.57 Å². The molecule has 0 aliphatic heterocycles. The van der Waals surface area contributed by atoms with E-state index in [2.05, 4.69) is 111 Å². The van der Waals surface area contributed by atoms with Gasteiger partial charge in [-0.05, 0) is 68.5 Å². The van der Waals surface area contributed by atoms with Crippen molar-refractivity contribution in [1.29, 1.82) is 0 Å². The molecule has 30 heavy (non-hydrogen) atoms.